The molecule has 1 aromatic heterocycles. The minimum absolute atomic E-state index is 0.0557. The predicted molar refractivity (Wildman–Crippen MR) is 91.7 cm³/mol. The first kappa shape index (κ1) is 16.3. The van der Waals surface area contributed by atoms with Gasteiger partial charge in [-0.3, -0.25) is 14.9 Å². The van der Waals surface area contributed by atoms with Crippen LogP contribution in [0.3, 0.4) is 0 Å². The standard InChI is InChI=1S/C18H14N4O3/c23-18(14-6-8-16(9-7-14)22(24)25)19-11-15-10-17(21-12-20-15)13-4-2-1-3-5-13/h1-10,12H,11H2,(H,19,23). The Labute approximate surface area is 143 Å². The van der Waals surface area contributed by atoms with Gasteiger partial charge in [-0.05, 0) is 18.2 Å². The van der Waals surface area contributed by atoms with E-state index in [0.717, 1.165) is 11.3 Å². The van der Waals surface area contributed by atoms with Gasteiger partial charge in [-0.2, -0.15) is 0 Å². The molecular weight excluding hydrogens is 320 g/mol. The van der Waals surface area contributed by atoms with Crippen LogP contribution in [-0.2, 0) is 6.54 Å². The summed E-state index contributed by atoms with van der Waals surface area (Å²) in [5.41, 5.74) is 2.70. The van der Waals surface area contributed by atoms with Crippen molar-refractivity contribution in [2.24, 2.45) is 0 Å². The number of nitro benzene ring substituents is 1. The number of nitrogens with zero attached hydrogens (tertiary/aromatic N) is 3. The average Bonchev–Trinajstić information content (AvgIpc) is 2.67. The molecule has 25 heavy (non-hydrogen) atoms. The topological polar surface area (TPSA) is 98.0 Å². The van der Waals surface area contributed by atoms with Crippen molar-refractivity contribution >= 4 is 11.6 Å². The number of carbonyl (C=O) groups is 1. The Balaban J connectivity index is 1.67. The molecule has 0 atom stereocenters. The van der Waals surface area contributed by atoms with Gasteiger partial charge in [0.25, 0.3) is 11.6 Å². The number of hydrogen-bond donors (Lipinski definition) is 1. The van der Waals surface area contributed by atoms with E-state index in [1.165, 1.54) is 30.6 Å². The second-order valence-electron chi connectivity index (χ2n) is 5.25. The maximum atomic E-state index is 12.1. The molecule has 0 radical (unpaired) electrons. The Morgan fingerprint density at radius 3 is 2.44 bits per heavy atom. The molecule has 124 valence electrons. The zero-order valence-corrected chi connectivity index (χ0v) is 13.1. The van der Waals surface area contributed by atoms with Gasteiger partial charge >= 0.3 is 0 Å². The van der Waals surface area contributed by atoms with Gasteiger partial charge in [-0.1, -0.05) is 30.3 Å². The molecule has 2 aromatic carbocycles. The van der Waals surface area contributed by atoms with Gasteiger partial charge in [0.1, 0.15) is 6.33 Å². The van der Waals surface area contributed by atoms with Crippen LogP contribution < -0.4 is 5.32 Å². The predicted octanol–water partition coefficient (Wildman–Crippen LogP) is 2.98. The third kappa shape index (κ3) is 4.03. The lowest BCUT2D eigenvalue weighted by Crippen LogP contribution is -2.23. The van der Waals surface area contributed by atoms with Crippen LogP contribution >= 0.6 is 0 Å². The highest BCUT2D eigenvalue weighted by atomic mass is 16.6. The number of aromatic nitrogens is 2. The summed E-state index contributed by atoms with van der Waals surface area (Å²) >= 11 is 0. The molecule has 0 saturated carbocycles. The Kier molecular flexibility index (Phi) is 4.75. The number of amides is 1. The van der Waals surface area contributed by atoms with Crippen molar-refractivity contribution in [3.63, 3.8) is 0 Å². The zero-order chi connectivity index (χ0) is 17.6. The first-order valence-electron chi connectivity index (χ1n) is 7.52. The van der Waals surface area contributed by atoms with Crippen LogP contribution in [0, 0.1) is 10.1 Å². The largest absolute Gasteiger partial charge is 0.346 e. The normalized spacial score (nSPS) is 10.2. The highest BCUT2D eigenvalue weighted by Gasteiger charge is 2.10. The zero-order valence-electron chi connectivity index (χ0n) is 13.1. The Bertz CT molecular complexity index is 896. The quantitative estimate of drug-likeness (QED) is 0.571. The number of rotatable bonds is 5. The van der Waals surface area contributed by atoms with E-state index in [9.17, 15) is 14.9 Å². The molecule has 3 rings (SSSR count). The number of hydrogen-bond acceptors (Lipinski definition) is 5. The molecule has 1 N–H and O–H groups in total. The Morgan fingerprint density at radius 1 is 1.04 bits per heavy atom. The lowest BCUT2D eigenvalue weighted by atomic mass is 10.1. The lowest BCUT2D eigenvalue weighted by molar-refractivity contribution is -0.384. The maximum Gasteiger partial charge on any atom is 0.269 e. The second-order valence-corrected chi connectivity index (χ2v) is 5.25. The van der Waals surface area contributed by atoms with Crippen molar-refractivity contribution in [3.8, 4) is 11.3 Å². The number of nitro groups is 1. The molecule has 3 aromatic rings. The highest BCUT2D eigenvalue weighted by Crippen LogP contribution is 2.16. The maximum absolute atomic E-state index is 12.1. The molecule has 0 aliphatic heterocycles. The van der Waals surface area contributed by atoms with Crippen molar-refractivity contribution in [1.29, 1.82) is 0 Å². The van der Waals surface area contributed by atoms with Crippen LogP contribution in [0.25, 0.3) is 11.3 Å². The fraction of sp³-hybridized carbons (Fsp3) is 0.0556. The van der Waals surface area contributed by atoms with Gasteiger partial charge in [-0.15, -0.1) is 0 Å². The summed E-state index contributed by atoms with van der Waals surface area (Å²) in [5, 5.41) is 13.4. The van der Waals surface area contributed by atoms with E-state index in [4.69, 9.17) is 0 Å². The van der Waals surface area contributed by atoms with Gasteiger partial charge in [0.2, 0.25) is 0 Å². The van der Waals surface area contributed by atoms with Crippen LogP contribution in [0.2, 0.25) is 0 Å². The monoisotopic (exact) mass is 334 g/mol. The fourth-order valence-corrected chi connectivity index (χ4v) is 2.27. The van der Waals surface area contributed by atoms with Crippen molar-refractivity contribution in [2.75, 3.05) is 0 Å². The van der Waals surface area contributed by atoms with E-state index in [-0.39, 0.29) is 18.1 Å². The van der Waals surface area contributed by atoms with Gasteiger partial charge in [0.15, 0.2) is 0 Å². The van der Waals surface area contributed by atoms with Crippen molar-refractivity contribution in [3.05, 3.63) is 88.4 Å². The second kappa shape index (κ2) is 7.31. The Morgan fingerprint density at radius 2 is 1.76 bits per heavy atom. The number of carbonyl (C=O) groups excluding carboxylic acids is 1. The number of nitrogens with one attached hydrogen (secondary N) is 1. The van der Waals surface area contributed by atoms with Crippen molar-refractivity contribution in [2.45, 2.75) is 6.54 Å². The third-order valence-corrected chi connectivity index (χ3v) is 3.56. The summed E-state index contributed by atoms with van der Waals surface area (Å²) in [6.07, 6.45) is 1.45. The van der Waals surface area contributed by atoms with Crippen molar-refractivity contribution in [1.82, 2.24) is 15.3 Å². The van der Waals surface area contributed by atoms with E-state index in [1.807, 2.05) is 36.4 Å². The summed E-state index contributed by atoms with van der Waals surface area (Å²) in [4.78, 5) is 30.6. The minimum atomic E-state index is -0.506. The van der Waals surface area contributed by atoms with Crippen molar-refractivity contribution < 1.29 is 9.72 Å². The third-order valence-electron chi connectivity index (χ3n) is 3.56. The Hall–Kier alpha value is -3.61. The first-order chi connectivity index (χ1) is 12.1. The lowest BCUT2D eigenvalue weighted by Gasteiger charge is -2.06. The van der Waals surface area contributed by atoms with Crippen LogP contribution in [0.15, 0.2) is 67.0 Å². The van der Waals surface area contributed by atoms with E-state index >= 15 is 0 Å². The summed E-state index contributed by atoms with van der Waals surface area (Å²) in [7, 11) is 0. The fourth-order valence-electron chi connectivity index (χ4n) is 2.27. The number of non-ortho nitro benzene ring substituents is 1. The van der Waals surface area contributed by atoms with Gasteiger partial charge in [0, 0.05) is 23.3 Å². The highest BCUT2D eigenvalue weighted by molar-refractivity contribution is 5.94. The van der Waals surface area contributed by atoms with Gasteiger partial charge in [0.05, 0.1) is 22.9 Å². The summed E-state index contributed by atoms with van der Waals surface area (Å²) in [5.74, 6) is -0.324. The molecule has 1 heterocycles. The van der Waals surface area contributed by atoms with Gasteiger partial charge < -0.3 is 5.32 Å². The van der Waals surface area contributed by atoms with Crippen LogP contribution in [-0.4, -0.2) is 20.8 Å². The molecule has 0 aliphatic carbocycles. The molecular formula is C18H14N4O3. The molecule has 0 spiro atoms. The first-order valence-corrected chi connectivity index (χ1v) is 7.52. The van der Waals surface area contributed by atoms with Crippen LogP contribution in [0.4, 0.5) is 5.69 Å². The molecule has 7 nitrogen and oxygen atoms in total. The van der Waals surface area contributed by atoms with Crippen LogP contribution in [0.5, 0.6) is 0 Å². The van der Waals surface area contributed by atoms with E-state index in [0.29, 0.717) is 11.3 Å². The molecule has 0 unspecified atom stereocenters. The molecule has 0 saturated heterocycles. The van der Waals surface area contributed by atoms with Gasteiger partial charge in [-0.25, -0.2) is 9.97 Å². The molecule has 1 amide bonds. The molecule has 0 fully saturated rings. The van der Waals surface area contributed by atoms with Crippen LogP contribution in [0.1, 0.15) is 16.1 Å². The summed E-state index contributed by atoms with van der Waals surface area (Å²) < 4.78 is 0. The molecule has 0 aliphatic rings. The SMILES string of the molecule is O=C(NCc1cc(-c2ccccc2)ncn1)c1ccc([N+](=O)[O-])cc1. The molecule has 7 heteroatoms. The minimum Gasteiger partial charge on any atom is -0.346 e. The smallest absolute Gasteiger partial charge is 0.269 e. The molecule has 0 bridgehead atoms. The average molecular weight is 334 g/mol. The summed E-state index contributed by atoms with van der Waals surface area (Å²) in [6, 6.07) is 16.9. The summed E-state index contributed by atoms with van der Waals surface area (Å²) in [6.45, 7) is 0.234. The van der Waals surface area contributed by atoms with E-state index < -0.39 is 4.92 Å². The van der Waals surface area contributed by atoms with E-state index in [2.05, 4.69) is 15.3 Å². The number of benzene rings is 2. The van der Waals surface area contributed by atoms with E-state index in [1.54, 1.807) is 0 Å².